The lowest BCUT2D eigenvalue weighted by atomic mass is 10.0. The molecule has 8 nitrogen and oxygen atoms in total. The van der Waals surface area contributed by atoms with Crippen LogP contribution in [0.15, 0.2) is 60.8 Å². The van der Waals surface area contributed by atoms with Crippen LogP contribution in [0.5, 0.6) is 5.75 Å². The number of amides is 1. The second kappa shape index (κ2) is 9.23. The van der Waals surface area contributed by atoms with Crippen LogP contribution in [0.1, 0.15) is 23.0 Å². The topological polar surface area (TPSA) is 87.9 Å². The molecule has 2 heterocycles. The van der Waals surface area contributed by atoms with E-state index >= 15 is 0 Å². The monoisotopic (exact) mass is 434 g/mol. The van der Waals surface area contributed by atoms with Crippen LogP contribution in [0, 0.1) is 0 Å². The molecule has 1 saturated heterocycles. The molecule has 32 heavy (non-hydrogen) atoms. The Bertz CT molecular complexity index is 1110. The van der Waals surface area contributed by atoms with E-state index in [1.165, 1.54) is 12.3 Å². The zero-order valence-electron chi connectivity index (χ0n) is 18.1. The first-order valence-corrected chi connectivity index (χ1v) is 10.5. The number of aromatic carboxylic acids is 1. The molecule has 0 unspecified atom stereocenters. The highest BCUT2D eigenvalue weighted by molar-refractivity contribution is 5.86. The van der Waals surface area contributed by atoms with Crippen molar-refractivity contribution >= 4 is 12.0 Å². The summed E-state index contributed by atoms with van der Waals surface area (Å²) in [7, 11) is 1.68. The Balaban J connectivity index is 1.42. The zero-order chi connectivity index (χ0) is 22.7. The number of carboxylic acid groups (broad SMARTS) is 1. The van der Waals surface area contributed by atoms with Gasteiger partial charge in [0.1, 0.15) is 5.75 Å². The van der Waals surface area contributed by atoms with Crippen molar-refractivity contribution in [2.45, 2.75) is 19.5 Å². The van der Waals surface area contributed by atoms with Gasteiger partial charge in [0.05, 0.1) is 7.11 Å². The Morgan fingerprint density at radius 3 is 2.53 bits per heavy atom. The smallest absolute Gasteiger partial charge is 0.356 e. The third kappa shape index (κ3) is 4.50. The van der Waals surface area contributed by atoms with E-state index in [0.29, 0.717) is 19.6 Å². The summed E-state index contributed by atoms with van der Waals surface area (Å²) in [5, 5.41) is 12.9. The van der Waals surface area contributed by atoms with Gasteiger partial charge in [0, 0.05) is 44.0 Å². The molecule has 1 aliphatic heterocycles. The predicted octanol–water partition coefficient (Wildman–Crippen LogP) is 3.43. The number of aromatic nitrogens is 2. The lowest BCUT2D eigenvalue weighted by molar-refractivity contribution is 0.0689. The first-order valence-electron chi connectivity index (χ1n) is 10.5. The predicted molar refractivity (Wildman–Crippen MR) is 120 cm³/mol. The Kier molecular flexibility index (Phi) is 6.23. The number of nitrogens with zero attached hydrogens (tertiary/aromatic N) is 4. The minimum absolute atomic E-state index is 0.0386. The third-order valence-corrected chi connectivity index (χ3v) is 5.75. The van der Waals surface area contributed by atoms with Crippen LogP contribution in [0.2, 0.25) is 0 Å². The van der Waals surface area contributed by atoms with Crippen LogP contribution in [0.25, 0.3) is 11.1 Å². The van der Waals surface area contributed by atoms with Crippen LogP contribution >= 0.6 is 0 Å². The van der Waals surface area contributed by atoms with E-state index in [1.54, 1.807) is 12.0 Å². The number of carbonyl (C=O) groups is 2. The number of rotatable bonds is 5. The molecule has 0 aliphatic carbocycles. The molecule has 1 aliphatic rings. The second-order valence-electron chi connectivity index (χ2n) is 7.90. The standard InChI is InChI=1S/C24H26N4O4/c1-17-15-26(12-13-27(17)24(31)28-11-10-21(25-28)23(29)30)16-20-9-8-19(14-22(20)32-2)18-6-4-3-5-7-18/h3-11,14,17H,12-13,15-16H2,1-2H3,(H,29,30)/t17-/m0/s1. The van der Waals surface area contributed by atoms with Gasteiger partial charge in [-0.25, -0.2) is 9.59 Å². The minimum Gasteiger partial charge on any atom is -0.496 e. The molecule has 4 rings (SSSR count). The van der Waals surface area contributed by atoms with Gasteiger partial charge in [0.15, 0.2) is 5.69 Å². The van der Waals surface area contributed by atoms with Gasteiger partial charge in [-0.15, -0.1) is 0 Å². The average molecular weight is 434 g/mol. The molecule has 1 aromatic heterocycles. The second-order valence-corrected chi connectivity index (χ2v) is 7.90. The Hall–Kier alpha value is -3.65. The Morgan fingerprint density at radius 1 is 1.09 bits per heavy atom. The highest BCUT2D eigenvalue weighted by Crippen LogP contribution is 2.28. The van der Waals surface area contributed by atoms with Crippen molar-refractivity contribution in [3.8, 4) is 16.9 Å². The van der Waals surface area contributed by atoms with E-state index in [4.69, 9.17) is 9.84 Å². The lowest BCUT2D eigenvalue weighted by Crippen LogP contribution is -2.54. The summed E-state index contributed by atoms with van der Waals surface area (Å²) in [5.41, 5.74) is 3.20. The third-order valence-electron chi connectivity index (χ3n) is 5.75. The van der Waals surface area contributed by atoms with Crippen LogP contribution in [0.4, 0.5) is 4.79 Å². The zero-order valence-corrected chi connectivity index (χ0v) is 18.1. The number of ether oxygens (including phenoxy) is 1. The molecule has 166 valence electrons. The normalized spacial score (nSPS) is 16.7. The van der Waals surface area contributed by atoms with Gasteiger partial charge in [-0.3, -0.25) is 4.90 Å². The summed E-state index contributed by atoms with van der Waals surface area (Å²) < 4.78 is 6.76. The Labute approximate surface area is 186 Å². The van der Waals surface area contributed by atoms with E-state index in [2.05, 4.69) is 40.3 Å². The molecular formula is C24H26N4O4. The van der Waals surface area contributed by atoms with Gasteiger partial charge in [0.2, 0.25) is 0 Å². The maximum atomic E-state index is 12.8. The Morgan fingerprint density at radius 2 is 1.88 bits per heavy atom. The molecule has 0 spiro atoms. The highest BCUT2D eigenvalue weighted by Gasteiger charge is 2.29. The molecule has 1 atom stereocenters. The number of carbonyl (C=O) groups excluding carboxylic acids is 1. The van der Waals surface area contributed by atoms with Gasteiger partial charge < -0.3 is 14.7 Å². The minimum atomic E-state index is -1.15. The van der Waals surface area contributed by atoms with Crippen molar-refractivity contribution in [2.24, 2.45) is 0 Å². The molecule has 1 N–H and O–H groups in total. The van der Waals surface area contributed by atoms with Crippen molar-refractivity contribution in [3.63, 3.8) is 0 Å². The maximum Gasteiger partial charge on any atom is 0.356 e. The van der Waals surface area contributed by atoms with Crippen LogP contribution in [0.3, 0.4) is 0 Å². The van der Waals surface area contributed by atoms with Gasteiger partial charge in [-0.1, -0.05) is 42.5 Å². The largest absolute Gasteiger partial charge is 0.496 e. The average Bonchev–Trinajstić information content (AvgIpc) is 3.30. The van der Waals surface area contributed by atoms with Crippen LogP contribution < -0.4 is 4.74 Å². The van der Waals surface area contributed by atoms with Crippen molar-refractivity contribution in [1.82, 2.24) is 19.6 Å². The molecule has 0 saturated carbocycles. The summed E-state index contributed by atoms with van der Waals surface area (Å²) >= 11 is 0. The van der Waals surface area contributed by atoms with Gasteiger partial charge in [0.25, 0.3) is 0 Å². The fourth-order valence-corrected chi connectivity index (χ4v) is 4.06. The number of hydrogen-bond acceptors (Lipinski definition) is 5. The van der Waals surface area contributed by atoms with Gasteiger partial charge in [-0.05, 0) is 30.2 Å². The van der Waals surface area contributed by atoms with Crippen molar-refractivity contribution < 1.29 is 19.4 Å². The van der Waals surface area contributed by atoms with Crippen molar-refractivity contribution in [2.75, 3.05) is 26.7 Å². The molecule has 0 bridgehead atoms. The fourth-order valence-electron chi connectivity index (χ4n) is 4.06. The van der Waals surface area contributed by atoms with E-state index in [9.17, 15) is 9.59 Å². The molecule has 2 aromatic carbocycles. The number of benzene rings is 2. The molecule has 3 aromatic rings. The molecule has 1 amide bonds. The highest BCUT2D eigenvalue weighted by atomic mass is 16.5. The summed E-state index contributed by atoms with van der Waals surface area (Å²) in [6.07, 6.45) is 1.39. The quantitative estimate of drug-likeness (QED) is 0.662. The van der Waals surface area contributed by atoms with Gasteiger partial charge in [-0.2, -0.15) is 9.78 Å². The molecule has 8 heteroatoms. The molecule has 0 radical (unpaired) electrons. The summed E-state index contributed by atoms with van der Waals surface area (Å²) in [6.45, 7) is 4.64. The number of piperazine rings is 1. The van der Waals surface area contributed by atoms with Gasteiger partial charge >= 0.3 is 12.0 Å². The lowest BCUT2D eigenvalue weighted by Gasteiger charge is -2.39. The van der Waals surface area contributed by atoms with E-state index < -0.39 is 5.97 Å². The summed E-state index contributed by atoms with van der Waals surface area (Å²) in [6, 6.07) is 17.4. The van der Waals surface area contributed by atoms with Crippen LogP contribution in [-0.2, 0) is 6.54 Å². The fraction of sp³-hybridized carbons (Fsp3) is 0.292. The molecular weight excluding hydrogens is 408 g/mol. The first kappa shape index (κ1) is 21.6. The van der Waals surface area contributed by atoms with E-state index in [-0.39, 0.29) is 17.8 Å². The number of hydrogen-bond donors (Lipinski definition) is 1. The summed E-state index contributed by atoms with van der Waals surface area (Å²) in [4.78, 5) is 27.8. The van der Waals surface area contributed by atoms with E-state index in [1.807, 2.05) is 25.1 Å². The van der Waals surface area contributed by atoms with Crippen molar-refractivity contribution in [3.05, 3.63) is 72.1 Å². The summed E-state index contributed by atoms with van der Waals surface area (Å²) in [5.74, 6) is -0.308. The first-order chi connectivity index (χ1) is 15.5. The number of methoxy groups -OCH3 is 1. The van der Waals surface area contributed by atoms with Crippen LogP contribution in [-0.4, -0.2) is 69.5 Å². The number of carboxylic acids is 1. The van der Waals surface area contributed by atoms with E-state index in [0.717, 1.165) is 33.7 Å². The SMILES string of the molecule is COc1cc(-c2ccccc2)ccc1CN1CCN(C(=O)n2ccc(C(=O)O)n2)[C@@H](C)C1. The maximum absolute atomic E-state index is 12.8. The van der Waals surface area contributed by atoms with Crippen molar-refractivity contribution in [1.29, 1.82) is 0 Å². The molecule has 1 fully saturated rings.